The summed E-state index contributed by atoms with van der Waals surface area (Å²) in [7, 11) is 0. The third-order valence-electron chi connectivity index (χ3n) is 2.25. The number of hydrogen-bond acceptors (Lipinski definition) is 2. The van der Waals surface area contributed by atoms with Gasteiger partial charge in [0.05, 0.1) is 17.2 Å². The normalized spacial score (nSPS) is 35.5. The Morgan fingerprint density at radius 3 is 1.73 bits per heavy atom. The van der Waals surface area contributed by atoms with Gasteiger partial charge in [0.25, 0.3) is 0 Å². The first kappa shape index (κ1) is 9.01. The van der Waals surface area contributed by atoms with Crippen LogP contribution in [0.3, 0.4) is 0 Å². The summed E-state index contributed by atoms with van der Waals surface area (Å²) in [4.78, 5) is 5.71. The maximum atomic E-state index is 5.71. The van der Waals surface area contributed by atoms with Gasteiger partial charge in [-0.3, -0.25) is 4.84 Å². The molecule has 1 aliphatic heterocycles. The number of nitrogens with zero attached hydrogens (tertiary/aromatic N) is 1. The van der Waals surface area contributed by atoms with Gasteiger partial charge in [-0.2, -0.15) is 5.06 Å². The molecule has 0 aromatic rings. The van der Waals surface area contributed by atoms with Crippen LogP contribution in [-0.2, 0) is 4.84 Å². The lowest BCUT2D eigenvalue weighted by atomic mass is 10.2. The highest BCUT2D eigenvalue weighted by Crippen LogP contribution is 2.41. The van der Waals surface area contributed by atoms with E-state index >= 15 is 0 Å². The molecule has 0 amide bonds. The molecule has 1 saturated heterocycles. The van der Waals surface area contributed by atoms with Gasteiger partial charge in [0.2, 0.25) is 0 Å². The van der Waals surface area contributed by atoms with Crippen molar-refractivity contribution in [2.24, 2.45) is 0 Å². The van der Waals surface area contributed by atoms with E-state index in [1.54, 1.807) is 0 Å². The first-order valence-electron chi connectivity index (χ1n) is 4.23. The topological polar surface area (TPSA) is 12.2 Å². The van der Waals surface area contributed by atoms with Crippen LogP contribution in [0.25, 0.3) is 0 Å². The molecule has 1 fully saturated rings. The molecule has 11 heavy (non-hydrogen) atoms. The van der Waals surface area contributed by atoms with Crippen LogP contribution in [0.5, 0.6) is 0 Å². The molecule has 1 aliphatic rings. The first-order valence-corrected chi connectivity index (χ1v) is 4.23. The van der Waals surface area contributed by atoms with Crippen LogP contribution in [-0.4, -0.2) is 22.2 Å². The van der Waals surface area contributed by atoms with Crippen LogP contribution in [0.15, 0.2) is 0 Å². The van der Waals surface area contributed by atoms with E-state index in [9.17, 15) is 0 Å². The van der Waals surface area contributed by atoms with Gasteiger partial charge in [-0.05, 0) is 41.5 Å². The summed E-state index contributed by atoms with van der Waals surface area (Å²) in [6, 6.07) is 0.557. The first-order chi connectivity index (χ1) is 4.75. The second-order valence-corrected chi connectivity index (χ2v) is 4.86. The minimum atomic E-state index is -0.0535. The number of hydroxylamine groups is 2. The highest BCUT2D eigenvalue weighted by atomic mass is 16.7. The quantitative estimate of drug-likeness (QED) is 0.541. The molecule has 0 aromatic carbocycles. The SMILES string of the molecule is CC1N(OC(C)(C)C)C1(C)C. The lowest BCUT2D eigenvalue weighted by Crippen LogP contribution is -2.25. The maximum absolute atomic E-state index is 5.71. The Kier molecular flexibility index (Phi) is 1.81. The molecule has 66 valence electrons. The van der Waals surface area contributed by atoms with Gasteiger partial charge in [-0.25, -0.2) is 0 Å². The molecular formula is C9H19NO. The van der Waals surface area contributed by atoms with Crippen molar-refractivity contribution >= 4 is 0 Å². The van der Waals surface area contributed by atoms with Crippen LogP contribution in [0, 0.1) is 0 Å². The highest BCUT2D eigenvalue weighted by molar-refractivity contribution is 5.04. The van der Waals surface area contributed by atoms with Crippen molar-refractivity contribution < 1.29 is 4.84 Å². The molecule has 0 aromatic heterocycles. The van der Waals surface area contributed by atoms with Crippen molar-refractivity contribution in [2.45, 2.75) is 58.7 Å². The van der Waals surface area contributed by atoms with Crippen LogP contribution in [0.4, 0.5) is 0 Å². The highest BCUT2D eigenvalue weighted by Gasteiger charge is 2.55. The van der Waals surface area contributed by atoms with Crippen LogP contribution in [0.1, 0.15) is 41.5 Å². The number of hydrogen-bond donors (Lipinski definition) is 0. The molecular weight excluding hydrogens is 138 g/mol. The van der Waals surface area contributed by atoms with E-state index in [0.29, 0.717) is 6.04 Å². The van der Waals surface area contributed by atoms with Crippen molar-refractivity contribution in [1.82, 2.24) is 5.06 Å². The van der Waals surface area contributed by atoms with E-state index in [0.717, 1.165) is 0 Å². The lowest BCUT2D eigenvalue weighted by Gasteiger charge is -2.21. The summed E-state index contributed by atoms with van der Waals surface area (Å²) < 4.78 is 0. The molecule has 0 spiro atoms. The molecule has 2 unspecified atom stereocenters. The van der Waals surface area contributed by atoms with Crippen LogP contribution in [0.2, 0.25) is 0 Å². The summed E-state index contributed by atoms with van der Waals surface area (Å²) in [6.07, 6.45) is 0. The Morgan fingerprint density at radius 1 is 1.27 bits per heavy atom. The third-order valence-corrected chi connectivity index (χ3v) is 2.25. The zero-order chi connectivity index (χ0) is 8.86. The van der Waals surface area contributed by atoms with E-state index in [4.69, 9.17) is 4.84 Å². The van der Waals surface area contributed by atoms with Crippen molar-refractivity contribution in [3.8, 4) is 0 Å². The largest absolute Gasteiger partial charge is 0.292 e. The van der Waals surface area contributed by atoms with Crippen LogP contribution >= 0.6 is 0 Å². The summed E-state index contributed by atoms with van der Waals surface area (Å²) in [5, 5.41) is 2.06. The molecule has 0 bridgehead atoms. The molecule has 2 nitrogen and oxygen atoms in total. The average Bonchev–Trinajstić information content (AvgIpc) is 2.14. The average molecular weight is 157 g/mol. The molecule has 0 N–H and O–H groups in total. The summed E-state index contributed by atoms with van der Waals surface area (Å²) >= 11 is 0. The van der Waals surface area contributed by atoms with Crippen molar-refractivity contribution in [3.05, 3.63) is 0 Å². The van der Waals surface area contributed by atoms with E-state index in [2.05, 4.69) is 46.6 Å². The van der Waals surface area contributed by atoms with E-state index < -0.39 is 0 Å². The second-order valence-electron chi connectivity index (χ2n) is 4.86. The van der Waals surface area contributed by atoms with Gasteiger partial charge in [-0.15, -0.1) is 0 Å². The fraction of sp³-hybridized carbons (Fsp3) is 1.00. The lowest BCUT2D eigenvalue weighted by molar-refractivity contribution is -0.178. The minimum Gasteiger partial charge on any atom is -0.292 e. The summed E-state index contributed by atoms with van der Waals surface area (Å²) in [6.45, 7) is 12.8. The Labute approximate surface area is 69.5 Å². The molecule has 1 rings (SSSR count). The summed E-state index contributed by atoms with van der Waals surface area (Å²) in [5.41, 5.74) is 0.190. The van der Waals surface area contributed by atoms with Gasteiger partial charge >= 0.3 is 0 Å². The minimum absolute atomic E-state index is 0.0535. The molecule has 0 saturated carbocycles. The molecule has 1 heterocycles. The smallest absolute Gasteiger partial charge is 0.0816 e. The Hall–Kier alpha value is -0.0800. The van der Waals surface area contributed by atoms with E-state index in [1.165, 1.54) is 0 Å². The fourth-order valence-electron chi connectivity index (χ4n) is 1.14. The monoisotopic (exact) mass is 157 g/mol. The van der Waals surface area contributed by atoms with Crippen molar-refractivity contribution in [2.75, 3.05) is 0 Å². The third kappa shape index (κ3) is 1.74. The van der Waals surface area contributed by atoms with Gasteiger partial charge in [-0.1, -0.05) is 0 Å². The Bertz CT molecular complexity index is 157. The van der Waals surface area contributed by atoms with E-state index in [1.807, 2.05) is 0 Å². The zero-order valence-electron chi connectivity index (χ0n) is 8.43. The Balaban J connectivity index is 2.44. The predicted octanol–water partition coefficient (Wildman–Crippen LogP) is 2.20. The van der Waals surface area contributed by atoms with E-state index in [-0.39, 0.29) is 11.1 Å². The second kappa shape index (κ2) is 2.20. The Morgan fingerprint density at radius 2 is 1.64 bits per heavy atom. The van der Waals surface area contributed by atoms with Gasteiger partial charge in [0, 0.05) is 0 Å². The summed E-state index contributed by atoms with van der Waals surface area (Å²) in [5.74, 6) is 0. The number of rotatable bonds is 1. The fourth-order valence-corrected chi connectivity index (χ4v) is 1.14. The molecule has 0 radical (unpaired) electrons. The van der Waals surface area contributed by atoms with Crippen LogP contribution < -0.4 is 0 Å². The van der Waals surface area contributed by atoms with Gasteiger partial charge < -0.3 is 0 Å². The zero-order valence-corrected chi connectivity index (χ0v) is 8.43. The van der Waals surface area contributed by atoms with Crippen molar-refractivity contribution in [1.29, 1.82) is 0 Å². The molecule has 0 aliphatic carbocycles. The molecule has 2 heteroatoms. The standard InChI is InChI=1S/C9H19NO/c1-7-9(5,6)10(7)11-8(2,3)4/h7H,1-6H3. The predicted molar refractivity (Wildman–Crippen MR) is 46.2 cm³/mol. The maximum Gasteiger partial charge on any atom is 0.0816 e. The van der Waals surface area contributed by atoms with Gasteiger partial charge in [0.15, 0.2) is 0 Å². The molecule has 2 atom stereocenters. The van der Waals surface area contributed by atoms with Gasteiger partial charge in [0.1, 0.15) is 0 Å². The van der Waals surface area contributed by atoms with Crippen molar-refractivity contribution in [3.63, 3.8) is 0 Å².